The van der Waals surface area contributed by atoms with Crippen molar-refractivity contribution in [3.8, 4) is 0 Å². The van der Waals surface area contributed by atoms with Gasteiger partial charge in [-0.25, -0.2) is 4.39 Å². The highest BCUT2D eigenvalue weighted by Gasteiger charge is 2.31. The minimum Gasteiger partial charge on any atom is -0.312 e. The summed E-state index contributed by atoms with van der Waals surface area (Å²) in [5, 5.41) is 3.85. The molecule has 0 aromatic heterocycles. The van der Waals surface area contributed by atoms with Crippen LogP contribution in [0.25, 0.3) is 0 Å². The second kappa shape index (κ2) is 4.54. The SMILES string of the molecule is CCCC1Sc2ccc(F)cc2C1NC. The number of thioether (sulfide) groups is 1. The lowest BCUT2D eigenvalue weighted by Gasteiger charge is -2.17. The molecule has 0 saturated carbocycles. The first-order valence-corrected chi connectivity index (χ1v) is 6.27. The van der Waals surface area contributed by atoms with Crippen LogP contribution >= 0.6 is 11.8 Å². The maximum absolute atomic E-state index is 13.1. The maximum Gasteiger partial charge on any atom is 0.123 e. The second-order valence-corrected chi connectivity index (χ2v) is 5.17. The van der Waals surface area contributed by atoms with Crippen LogP contribution in [0.4, 0.5) is 4.39 Å². The predicted molar refractivity (Wildman–Crippen MR) is 62.8 cm³/mol. The zero-order valence-electron chi connectivity index (χ0n) is 9.09. The van der Waals surface area contributed by atoms with Crippen LogP contribution in [0.5, 0.6) is 0 Å². The summed E-state index contributed by atoms with van der Waals surface area (Å²) in [7, 11) is 1.95. The molecule has 1 aliphatic heterocycles. The monoisotopic (exact) mass is 225 g/mol. The summed E-state index contributed by atoms with van der Waals surface area (Å²) >= 11 is 1.87. The molecule has 0 saturated heterocycles. The molecule has 1 aromatic carbocycles. The number of halogens is 1. The van der Waals surface area contributed by atoms with E-state index in [-0.39, 0.29) is 5.82 Å². The highest BCUT2D eigenvalue weighted by atomic mass is 32.2. The van der Waals surface area contributed by atoms with Crippen LogP contribution < -0.4 is 5.32 Å². The summed E-state index contributed by atoms with van der Waals surface area (Å²) in [6.07, 6.45) is 2.35. The largest absolute Gasteiger partial charge is 0.312 e. The number of nitrogens with one attached hydrogen (secondary N) is 1. The first-order valence-electron chi connectivity index (χ1n) is 5.39. The lowest BCUT2D eigenvalue weighted by Crippen LogP contribution is -2.23. The van der Waals surface area contributed by atoms with Gasteiger partial charge in [0, 0.05) is 16.2 Å². The van der Waals surface area contributed by atoms with Crippen LogP contribution in [0.15, 0.2) is 23.1 Å². The first kappa shape index (κ1) is 11.0. The molecule has 1 aliphatic rings. The van der Waals surface area contributed by atoms with E-state index in [1.807, 2.05) is 24.9 Å². The molecule has 1 heterocycles. The van der Waals surface area contributed by atoms with E-state index in [0.717, 1.165) is 5.56 Å². The standard InChI is InChI=1S/C12H16FNS/c1-3-4-11-12(14-2)9-7-8(13)5-6-10(9)15-11/h5-7,11-12,14H,3-4H2,1-2H3. The molecule has 0 aliphatic carbocycles. The summed E-state index contributed by atoms with van der Waals surface area (Å²) in [6.45, 7) is 2.19. The van der Waals surface area contributed by atoms with Gasteiger partial charge in [0.05, 0.1) is 0 Å². The van der Waals surface area contributed by atoms with Crippen molar-refractivity contribution < 1.29 is 4.39 Å². The molecule has 2 unspecified atom stereocenters. The van der Waals surface area contributed by atoms with E-state index < -0.39 is 0 Å². The van der Waals surface area contributed by atoms with E-state index in [9.17, 15) is 4.39 Å². The number of rotatable bonds is 3. The fourth-order valence-corrected chi connectivity index (χ4v) is 3.72. The lowest BCUT2D eigenvalue weighted by atomic mass is 10.0. The molecular weight excluding hydrogens is 209 g/mol. The fraction of sp³-hybridized carbons (Fsp3) is 0.500. The van der Waals surface area contributed by atoms with E-state index in [1.165, 1.54) is 17.7 Å². The van der Waals surface area contributed by atoms with Crippen molar-refractivity contribution in [2.75, 3.05) is 7.05 Å². The lowest BCUT2D eigenvalue weighted by molar-refractivity contribution is 0.538. The third-order valence-electron chi connectivity index (χ3n) is 2.84. The van der Waals surface area contributed by atoms with E-state index in [1.54, 1.807) is 12.1 Å². The van der Waals surface area contributed by atoms with Crippen molar-refractivity contribution >= 4 is 11.8 Å². The molecule has 0 spiro atoms. The third kappa shape index (κ3) is 2.04. The van der Waals surface area contributed by atoms with Gasteiger partial charge in [-0.2, -0.15) is 0 Å². The number of fused-ring (bicyclic) bond motifs is 1. The minimum absolute atomic E-state index is 0.133. The normalized spacial score (nSPS) is 24.2. The molecule has 1 aromatic rings. The van der Waals surface area contributed by atoms with Crippen LogP contribution in [0, 0.1) is 5.82 Å². The van der Waals surface area contributed by atoms with Crippen LogP contribution in [0.2, 0.25) is 0 Å². The first-order chi connectivity index (χ1) is 7.26. The molecular formula is C12H16FNS. The number of hydrogen-bond acceptors (Lipinski definition) is 2. The third-order valence-corrected chi connectivity index (χ3v) is 4.28. The van der Waals surface area contributed by atoms with Crippen molar-refractivity contribution in [3.63, 3.8) is 0 Å². The van der Waals surface area contributed by atoms with Crippen LogP contribution in [0.3, 0.4) is 0 Å². The molecule has 1 N–H and O–H groups in total. The Kier molecular flexibility index (Phi) is 3.32. The highest BCUT2D eigenvalue weighted by molar-refractivity contribution is 8.00. The topological polar surface area (TPSA) is 12.0 Å². The van der Waals surface area contributed by atoms with Gasteiger partial charge in [-0.05, 0) is 37.2 Å². The summed E-state index contributed by atoms with van der Waals surface area (Å²) in [5.74, 6) is -0.133. The van der Waals surface area contributed by atoms with E-state index in [4.69, 9.17) is 0 Å². The Morgan fingerprint density at radius 2 is 2.27 bits per heavy atom. The number of benzene rings is 1. The predicted octanol–water partition coefficient (Wildman–Crippen LogP) is 3.36. The Morgan fingerprint density at radius 1 is 1.47 bits per heavy atom. The van der Waals surface area contributed by atoms with E-state index in [2.05, 4.69) is 12.2 Å². The second-order valence-electron chi connectivity index (χ2n) is 3.89. The Balaban J connectivity index is 2.29. The molecule has 0 fully saturated rings. The van der Waals surface area contributed by atoms with Gasteiger partial charge in [0.25, 0.3) is 0 Å². The zero-order chi connectivity index (χ0) is 10.8. The average molecular weight is 225 g/mol. The molecule has 0 amide bonds. The van der Waals surface area contributed by atoms with Crippen molar-refractivity contribution in [1.82, 2.24) is 5.32 Å². The molecule has 2 atom stereocenters. The van der Waals surface area contributed by atoms with Gasteiger partial charge in [-0.15, -0.1) is 11.8 Å². The quantitative estimate of drug-likeness (QED) is 0.846. The zero-order valence-corrected chi connectivity index (χ0v) is 9.90. The molecule has 0 radical (unpaired) electrons. The van der Waals surface area contributed by atoms with Gasteiger partial charge in [-0.1, -0.05) is 13.3 Å². The van der Waals surface area contributed by atoms with Gasteiger partial charge in [0.2, 0.25) is 0 Å². The highest BCUT2D eigenvalue weighted by Crippen LogP contribution is 2.45. The number of hydrogen-bond donors (Lipinski definition) is 1. The molecule has 15 heavy (non-hydrogen) atoms. The molecule has 82 valence electrons. The van der Waals surface area contributed by atoms with Gasteiger partial charge in [0.15, 0.2) is 0 Å². The summed E-state index contributed by atoms with van der Waals surface area (Å²) < 4.78 is 13.1. The summed E-state index contributed by atoms with van der Waals surface area (Å²) in [5.41, 5.74) is 1.13. The van der Waals surface area contributed by atoms with Crippen LogP contribution in [-0.2, 0) is 0 Å². The van der Waals surface area contributed by atoms with Gasteiger partial charge < -0.3 is 5.32 Å². The Labute approximate surface area is 94.5 Å². The van der Waals surface area contributed by atoms with Gasteiger partial charge in [0.1, 0.15) is 5.82 Å². The van der Waals surface area contributed by atoms with Crippen LogP contribution in [0.1, 0.15) is 31.4 Å². The molecule has 0 bridgehead atoms. The Bertz CT molecular complexity index is 353. The maximum atomic E-state index is 13.1. The van der Waals surface area contributed by atoms with E-state index >= 15 is 0 Å². The Hall–Kier alpha value is -0.540. The Morgan fingerprint density at radius 3 is 2.93 bits per heavy atom. The van der Waals surface area contributed by atoms with Gasteiger partial charge >= 0.3 is 0 Å². The van der Waals surface area contributed by atoms with Crippen LogP contribution in [-0.4, -0.2) is 12.3 Å². The fourth-order valence-electron chi connectivity index (χ4n) is 2.15. The van der Waals surface area contributed by atoms with Crippen molar-refractivity contribution in [1.29, 1.82) is 0 Å². The van der Waals surface area contributed by atoms with E-state index in [0.29, 0.717) is 11.3 Å². The molecule has 1 nitrogen and oxygen atoms in total. The van der Waals surface area contributed by atoms with Crippen molar-refractivity contribution in [2.24, 2.45) is 0 Å². The summed E-state index contributed by atoms with van der Waals surface area (Å²) in [4.78, 5) is 1.23. The molecule has 3 heteroatoms. The minimum atomic E-state index is -0.133. The van der Waals surface area contributed by atoms with Gasteiger partial charge in [-0.3, -0.25) is 0 Å². The molecule has 2 rings (SSSR count). The summed E-state index contributed by atoms with van der Waals surface area (Å²) in [6, 6.07) is 5.42. The average Bonchev–Trinajstić information content (AvgIpc) is 2.55. The van der Waals surface area contributed by atoms with Crippen molar-refractivity contribution in [2.45, 2.75) is 36.0 Å². The smallest absolute Gasteiger partial charge is 0.123 e. The van der Waals surface area contributed by atoms with Crippen molar-refractivity contribution in [3.05, 3.63) is 29.6 Å².